The second-order valence-electron chi connectivity index (χ2n) is 4.04. The Balaban J connectivity index is 0.000000443. The van der Waals surface area contributed by atoms with Gasteiger partial charge in [-0.25, -0.2) is 19.6 Å². The molecule has 0 amide bonds. The first-order valence-electron chi connectivity index (χ1n) is 6.03. The van der Waals surface area contributed by atoms with E-state index < -0.39 is 23.9 Å². The summed E-state index contributed by atoms with van der Waals surface area (Å²) in [5, 5.41) is 37.3. The van der Waals surface area contributed by atoms with E-state index in [1.54, 1.807) is 0 Å². The molecule has 0 spiro atoms. The molecule has 0 atom stereocenters. The van der Waals surface area contributed by atoms with Crippen molar-refractivity contribution in [2.75, 3.05) is 0 Å². The fourth-order valence-electron chi connectivity index (χ4n) is 1.35. The largest absolute Gasteiger partial charge is 2.00 e. The number of hydrogen-bond donors (Lipinski definition) is 2. The first-order chi connectivity index (χ1) is 11.2. The zero-order valence-corrected chi connectivity index (χ0v) is 15.4. The summed E-state index contributed by atoms with van der Waals surface area (Å²) < 4.78 is 0. The van der Waals surface area contributed by atoms with Gasteiger partial charge >= 0.3 is 31.4 Å². The number of hydrogen-bond acceptors (Lipinski definition) is 8. The molecule has 0 unspecified atom stereocenters. The van der Waals surface area contributed by atoms with Crippen LogP contribution in [0.4, 0.5) is 0 Å². The van der Waals surface area contributed by atoms with Gasteiger partial charge in [0.1, 0.15) is 11.4 Å². The summed E-state index contributed by atoms with van der Waals surface area (Å²) in [5.74, 6) is -5.36. The van der Waals surface area contributed by atoms with Crippen LogP contribution in [0.2, 0.25) is 0 Å². The van der Waals surface area contributed by atoms with E-state index in [4.69, 9.17) is 10.2 Å². The normalized spacial score (nSPS) is 8.96. The summed E-state index contributed by atoms with van der Waals surface area (Å²) in [6.07, 6.45) is 2.21. The van der Waals surface area contributed by atoms with Crippen LogP contribution in [0.25, 0.3) is 0 Å². The van der Waals surface area contributed by atoms with E-state index in [0.717, 1.165) is 24.5 Å². The third-order valence-corrected chi connectivity index (χ3v) is 2.43. The van der Waals surface area contributed by atoms with Gasteiger partial charge in [-0.3, -0.25) is 0 Å². The van der Waals surface area contributed by atoms with Crippen LogP contribution in [0.5, 0.6) is 0 Å². The van der Waals surface area contributed by atoms with E-state index in [2.05, 4.69) is 9.97 Å². The molecule has 2 N–H and O–H groups in total. The molecule has 2 aromatic rings. The number of carbonyl (C=O) groups excluding carboxylic acids is 2. The number of carboxylic acid groups (broad SMARTS) is 4. The van der Waals surface area contributed by atoms with Crippen molar-refractivity contribution in [3.63, 3.8) is 0 Å². The number of carbonyl (C=O) groups is 4. The molecule has 10 nitrogen and oxygen atoms in total. The molecule has 2 rings (SSSR count). The molecule has 0 saturated heterocycles. The van der Waals surface area contributed by atoms with Crippen LogP contribution in [0.3, 0.4) is 0 Å². The summed E-state index contributed by atoms with van der Waals surface area (Å²) in [6, 6.07) is 4.22. The molecule has 0 radical (unpaired) electrons. The van der Waals surface area contributed by atoms with Gasteiger partial charge in [0.05, 0.1) is 11.9 Å². The Bertz CT molecular complexity index is 683. The van der Waals surface area contributed by atoms with E-state index >= 15 is 0 Å². The Kier molecular flexibility index (Phi) is 8.58. The summed E-state index contributed by atoms with van der Waals surface area (Å²) in [4.78, 5) is 47.9. The van der Waals surface area contributed by atoms with Gasteiger partial charge < -0.3 is 30.0 Å². The quantitative estimate of drug-likeness (QED) is 0.563. The van der Waals surface area contributed by atoms with Gasteiger partial charge in [0.15, 0.2) is 0 Å². The van der Waals surface area contributed by atoms with Crippen molar-refractivity contribution in [2.24, 2.45) is 0 Å². The van der Waals surface area contributed by atoms with Crippen LogP contribution in [0, 0.1) is 0 Å². The Hall–Kier alpha value is -3.20. The van der Waals surface area contributed by atoms with Crippen molar-refractivity contribution < 1.29 is 59.1 Å². The maximum absolute atomic E-state index is 10.3. The third kappa shape index (κ3) is 6.84. The molecule has 0 fully saturated rings. The number of carboxylic acids is 4. The molecular formula is C14H8N2O8Zn. The van der Waals surface area contributed by atoms with Crippen molar-refractivity contribution in [2.45, 2.75) is 0 Å². The molecule has 0 aliphatic heterocycles. The molecule has 0 saturated carbocycles. The summed E-state index contributed by atoms with van der Waals surface area (Å²) in [6.45, 7) is 0. The molecule has 0 aliphatic carbocycles. The average molecular weight is 398 g/mol. The van der Waals surface area contributed by atoms with Crippen molar-refractivity contribution >= 4 is 23.9 Å². The first kappa shape index (κ1) is 21.8. The molecule has 2 heterocycles. The minimum absolute atomic E-state index is 0. The van der Waals surface area contributed by atoms with Crippen molar-refractivity contribution in [3.8, 4) is 0 Å². The van der Waals surface area contributed by atoms with Gasteiger partial charge in [-0.05, 0) is 24.3 Å². The van der Waals surface area contributed by atoms with Gasteiger partial charge in [0.25, 0.3) is 0 Å². The van der Waals surface area contributed by atoms with E-state index in [1.807, 2.05) is 0 Å². The molecule has 0 aromatic carbocycles. The zero-order valence-electron chi connectivity index (χ0n) is 12.4. The summed E-state index contributed by atoms with van der Waals surface area (Å²) in [7, 11) is 0. The van der Waals surface area contributed by atoms with E-state index in [1.165, 1.54) is 12.1 Å². The number of rotatable bonds is 4. The van der Waals surface area contributed by atoms with Gasteiger partial charge in [0, 0.05) is 23.5 Å². The molecular weight excluding hydrogens is 390 g/mol. The molecule has 0 bridgehead atoms. The fraction of sp³-hybridized carbons (Fsp3) is 0. The number of aromatic carboxylic acids is 4. The molecule has 0 aliphatic rings. The number of nitrogens with zero attached hydrogens (tertiary/aromatic N) is 2. The molecule has 124 valence electrons. The second-order valence-corrected chi connectivity index (χ2v) is 4.04. The maximum atomic E-state index is 10.3. The summed E-state index contributed by atoms with van der Waals surface area (Å²) in [5.41, 5.74) is -1.00. The predicted molar refractivity (Wildman–Crippen MR) is 71.1 cm³/mol. The Labute approximate surface area is 152 Å². The predicted octanol–water partition coefficient (Wildman–Crippen LogP) is -1.72. The Morgan fingerprint density at radius 1 is 0.760 bits per heavy atom. The van der Waals surface area contributed by atoms with Crippen LogP contribution in [-0.2, 0) is 19.5 Å². The first-order valence-corrected chi connectivity index (χ1v) is 6.03. The van der Waals surface area contributed by atoms with Crippen LogP contribution in [0.15, 0.2) is 36.7 Å². The fourth-order valence-corrected chi connectivity index (χ4v) is 1.35. The molecule has 2 aromatic heterocycles. The number of pyridine rings is 2. The van der Waals surface area contributed by atoms with Crippen LogP contribution < -0.4 is 10.2 Å². The topological polar surface area (TPSA) is 181 Å². The zero-order chi connectivity index (χ0) is 18.3. The molecule has 11 heteroatoms. The smallest absolute Gasteiger partial charge is 0.545 e. The Morgan fingerprint density at radius 2 is 1.08 bits per heavy atom. The van der Waals surface area contributed by atoms with Crippen molar-refractivity contribution in [3.05, 3.63) is 59.2 Å². The standard InChI is InChI=1S/2C7H5NO4.Zn/c2*9-6(10)4-1-2-8-5(3-4)7(11)12;/h2*1-3H,(H,9,10)(H,11,12);/q;;+2/p-2. The minimum Gasteiger partial charge on any atom is -0.545 e. The van der Waals surface area contributed by atoms with Gasteiger partial charge in [0.2, 0.25) is 0 Å². The van der Waals surface area contributed by atoms with Gasteiger partial charge in [-0.2, -0.15) is 0 Å². The second kappa shape index (κ2) is 9.83. The maximum Gasteiger partial charge on any atom is 2.00 e. The minimum atomic E-state index is -1.42. The van der Waals surface area contributed by atoms with Crippen molar-refractivity contribution in [1.29, 1.82) is 0 Å². The number of aromatic nitrogens is 2. The van der Waals surface area contributed by atoms with Crippen LogP contribution in [0.1, 0.15) is 41.7 Å². The third-order valence-electron chi connectivity index (χ3n) is 2.43. The van der Waals surface area contributed by atoms with E-state index in [9.17, 15) is 29.4 Å². The van der Waals surface area contributed by atoms with Gasteiger partial charge in [-0.1, -0.05) is 0 Å². The van der Waals surface area contributed by atoms with Crippen LogP contribution in [-0.4, -0.2) is 44.1 Å². The van der Waals surface area contributed by atoms with E-state index in [0.29, 0.717) is 0 Å². The Morgan fingerprint density at radius 3 is 1.32 bits per heavy atom. The average Bonchev–Trinajstić information content (AvgIpc) is 2.55. The SMILES string of the molecule is O=C([O-])c1ccnc(C(=O)O)c1.O=C([O-])c1ccnc(C(=O)O)c1.[Zn+2]. The van der Waals surface area contributed by atoms with Crippen LogP contribution >= 0.6 is 0 Å². The van der Waals surface area contributed by atoms with Crippen molar-refractivity contribution in [1.82, 2.24) is 9.97 Å². The summed E-state index contributed by atoms with van der Waals surface area (Å²) >= 11 is 0. The van der Waals surface area contributed by atoms with Gasteiger partial charge in [-0.15, -0.1) is 0 Å². The monoisotopic (exact) mass is 396 g/mol. The molecule has 25 heavy (non-hydrogen) atoms. The van der Waals surface area contributed by atoms with E-state index in [-0.39, 0.29) is 42.0 Å².